The highest BCUT2D eigenvalue weighted by atomic mass is 16.6. The van der Waals surface area contributed by atoms with E-state index in [1.54, 1.807) is 31.2 Å². The predicted octanol–water partition coefficient (Wildman–Crippen LogP) is 3.36. The van der Waals surface area contributed by atoms with E-state index in [0.29, 0.717) is 32.0 Å². The molecule has 0 aliphatic carbocycles. The van der Waals surface area contributed by atoms with E-state index in [9.17, 15) is 9.90 Å². The van der Waals surface area contributed by atoms with E-state index >= 15 is 0 Å². The summed E-state index contributed by atoms with van der Waals surface area (Å²) >= 11 is 0. The Morgan fingerprint density at radius 1 is 0.963 bits per heavy atom. The van der Waals surface area contributed by atoms with E-state index in [4.69, 9.17) is 18.9 Å². The molecule has 0 amide bonds. The largest absolute Gasteiger partial charge is 0.508 e. The molecule has 6 heteroatoms. The molecule has 0 aromatic heterocycles. The minimum atomic E-state index is -0.603. The first-order valence-corrected chi connectivity index (χ1v) is 8.95. The van der Waals surface area contributed by atoms with Crippen molar-refractivity contribution >= 4 is 5.97 Å². The number of benzene rings is 2. The minimum absolute atomic E-state index is 0.216. The Kier molecular flexibility index (Phi) is 8.45. The molecule has 6 nitrogen and oxygen atoms in total. The van der Waals surface area contributed by atoms with Gasteiger partial charge in [-0.1, -0.05) is 12.1 Å². The van der Waals surface area contributed by atoms with Gasteiger partial charge in [0.1, 0.15) is 17.2 Å². The van der Waals surface area contributed by atoms with Gasteiger partial charge < -0.3 is 24.1 Å². The highest BCUT2D eigenvalue weighted by Crippen LogP contribution is 2.17. The minimum Gasteiger partial charge on any atom is -0.508 e. The summed E-state index contributed by atoms with van der Waals surface area (Å²) < 4.78 is 21.5. The van der Waals surface area contributed by atoms with Crippen LogP contribution in [0.2, 0.25) is 0 Å². The lowest BCUT2D eigenvalue weighted by Gasteiger charge is -2.14. The molecule has 0 bridgehead atoms. The lowest BCUT2D eigenvalue weighted by molar-refractivity contribution is -0.154. The summed E-state index contributed by atoms with van der Waals surface area (Å²) in [5.74, 6) is 1.34. The number of carbonyl (C=O) groups is 1. The van der Waals surface area contributed by atoms with Crippen molar-refractivity contribution in [2.24, 2.45) is 0 Å². The first kappa shape index (κ1) is 20.6. The molecule has 0 saturated carbocycles. The number of ether oxygens (including phenoxy) is 4. The fourth-order valence-corrected chi connectivity index (χ4v) is 2.42. The molecule has 146 valence electrons. The molecule has 0 heterocycles. The number of aromatic hydroxyl groups is 1. The summed E-state index contributed by atoms with van der Waals surface area (Å²) in [6.07, 6.45) is 0.585. The van der Waals surface area contributed by atoms with Crippen LogP contribution in [0.5, 0.6) is 17.2 Å². The van der Waals surface area contributed by atoms with Crippen LogP contribution in [0.3, 0.4) is 0 Å². The smallest absolute Gasteiger partial charge is 0.335 e. The zero-order valence-corrected chi connectivity index (χ0v) is 15.7. The lowest BCUT2D eigenvalue weighted by Crippen LogP contribution is -2.27. The third-order valence-electron chi connectivity index (χ3n) is 3.84. The van der Waals surface area contributed by atoms with Crippen molar-refractivity contribution in [2.45, 2.75) is 25.9 Å². The predicted molar refractivity (Wildman–Crippen MR) is 101 cm³/mol. The van der Waals surface area contributed by atoms with Crippen molar-refractivity contribution in [1.29, 1.82) is 0 Å². The van der Waals surface area contributed by atoms with E-state index in [1.807, 2.05) is 24.3 Å². The lowest BCUT2D eigenvalue weighted by atomic mass is 10.1. The highest BCUT2D eigenvalue weighted by Gasteiger charge is 2.19. The normalized spacial score (nSPS) is 11.6. The Morgan fingerprint density at radius 2 is 1.52 bits per heavy atom. The number of hydrogen-bond donors (Lipinski definition) is 1. The maximum absolute atomic E-state index is 11.8. The van der Waals surface area contributed by atoms with Crippen LogP contribution in [-0.4, -0.2) is 44.1 Å². The average molecular weight is 374 g/mol. The van der Waals surface area contributed by atoms with Gasteiger partial charge in [0.2, 0.25) is 0 Å². The molecule has 0 unspecified atom stereocenters. The summed E-state index contributed by atoms with van der Waals surface area (Å²) in [6, 6.07) is 14.2. The number of methoxy groups -OCH3 is 1. The second-order valence-electron chi connectivity index (χ2n) is 5.87. The van der Waals surface area contributed by atoms with Gasteiger partial charge in [0.25, 0.3) is 0 Å². The molecule has 1 N–H and O–H groups in total. The first-order chi connectivity index (χ1) is 13.1. The molecule has 0 spiro atoms. The Bertz CT molecular complexity index is 681. The average Bonchev–Trinajstić information content (AvgIpc) is 2.68. The molecule has 2 rings (SSSR count). The van der Waals surface area contributed by atoms with Crippen molar-refractivity contribution in [1.82, 2.24) is 0 Å². The van der Waals surface area contributed by atoms with E-state index < -0.39 is 6.10 Å². The molecule has 2 aromatic rings. The van der Waals surface area contributed by atoms with Gasteiger partial charge in [0, 0.05) is 20.0 Å². The number of phenols is 1. The number of esters is 1. The molecule has 0 fully saturated rings. The zero-order chi connectivity index (χ0) is 19.5. The Morgan fingerprint density at radius 3 is 2.04 bits per heavy atom. The third-order valence-corrected chi connectivity index (χ3v) is 3.84. The van der Waals surface area contributed by atoms with E-state index in [0.717, 1.165) is 17.7 Å². The van der Waals surface area contributed by atoms with E-state index in [2.05, 4.69) is 0 Å². The van der Waals surface area contributed by atoms with Crippen LogP contribution in [0, 0.1) is 0 Å². The van der Waals surface area contributed by atoms with E-state index in [-0.39, 0.29) is 11.7 Å². The molecule has 2 aromatic carbocycles. The van der Waals surface area contributed by atoms with Crippen LogP contribution in [0.1, 0.15) is 18.9 Å². The van der Waals surface area contributed by atoms with Crippen LogP contribution in [0.15, 0.2) is 48.5 Å². The first-order valence-electron chi connectivity index (χ1n) is 8.95. The highest BCUT2D eigenvalue weighted by molar-refractivity contribution is 5.75. The van der Waals surface area contributed by atoms with E-state index in [1.165, 1.54) is 7.11 Å². The van der Waals surface area contributed by atoms with Crippen LogP contribution in [-0.2, 0) is 20.7 Å². The Hall–Kier alpha value is -2.73. The zero-order valence-electron chi connectivity index (χ0n) is 15.7. The molecule has 0 aliphatic rings. The van der Waals surface area contributed by atoms with Gasteiger partial charge in [0.05, 0.1) is 19.8 Å². The number of rotatable bonds is 11. The van der Waals surface area contributed by atoms with Gasteiger partial charge in [0.15, 0.2) is 6.10 Å². The fourth-order valence-electron chi connectivity index (χ4n) is 2.42. The van der Waals surface area contributed by atoms with Gasteiger partial charge in [-0.3, -0.25) is 0 Å². The molecular formula is C21H26O6. The van der Waals surface area contributed by atoms with Gasteiger partial charge in [-0.05, 0) is 48.9 Å². The van der Waals surface area contributed by atoms with Crippen LogP contribution >= 0.6 is 0 Å². The number of carbonyl (C=O) groups excluding carboxylic acids is 1. The van der Waals surface area contributed by atoms with Crippen molar-refractivity contribution in [3.8, 4) is 17.2 Å². The van der Waals surface area contributed by atoms with Crippen LogP contribution in [0.4, 0.5) is 0 Å². The summed E-state index contributed by atoms with van der Waals surface area (Å²) in [6.45, 7) is 3.16. The van der Waals surface area contributed by atoms with Crippen molar-refractivity contribution in [2.75, 3.05) is 26.9 Å². The Balaban J connectivity index is 1.70. The molecule has 0 radical (unpaired) electrons. The van der Waals surface area contributed by atoms with Crippen LogP contribution < -0.4 is 9.47 Å². The molecule has 0 saturated heterocycles. The van der Waals surface area contributed by atoms with Crippen molar-refractivity contribution < 1.29 is 28.8 Å². The molecular weight excluding hydrogens is 348 g/mol. The quantitative estimate of drug-likeness (QED) is 0.480. The monoisotopic (exact) mass is 374 g/mol. The summed E-state index contributed by atoms with van der Waals surface area (Å²) in [4.78, 5) is 11.8. The van der Waals surface area contributed by atoms with Crippen LogP contribution in [0.25, 0.3) is 0 Å². The van der Waals surface area contributed by atoms with Crippen molar-refractivity contribution in [3.63, 3.8) is 0 Å². The Labute approximate surface area is 159 Å². The SMILES string of the molecule is CCOC(=O)[C@H](Cc1ccc(OCCCOc2ccc(O)cc2)cc1)OC. The summed E-state index contributed by atoms with van der Waals surface area (Å²) in [5.41, 5.74) is 0.970. The third kappa shape index (κ3) is 7.19. The molecule has 1 atom stereocenters. The van der Waals surface area contributed by atoms with Crippen molar-refractivity contribution in [3.05, 3.63) is 54.1 Å². The summed E-state index contributed by atoms with van der Waals surface area (Å²) in [7, 11) is 1.50. The van der Waals surface area contributed by atoms with Gasteiger partial charge in [-0.2, -0.15) is 0 Å². The van der Waals surface area contributed by atoms with Gasteiger partial charge in [-0.15, -0.1) is 0 Å². The van der Waals surface area contributed by atoms with Gasteiger partial charge >= 0.3 is 5.97 Å². The second kappa shape index (κ2) is 11.1. The fraction of sp³-hybridized carbons (Fsp3) is 0.381. The number of hydrogen-bond acceptors (Lipinski definition) is 6. The second-order valence-corrected chi connectivity index (χ2v) is 5.87. The standard InChI is InChI=1S/C21H26O6/c1-3-25-21(23)20(24-2)15-16-5-9-18(10-6-16)26-13-4-14-27-19-11-7-17(22)8-12-19/h5-12,20,22H,3-4,13-15H2,1-2H3/t20-/m0/s1. The van der Waals surface area contributed by atoms with Gasteiger partial charge in [-0.25, -0.2) is 4.79 Å². The maximum Gasteiger partial charge on any atom is 0.335 e. The molecule has 27 heavy (non-hydrogen) atoms. The topological polar surface area (TPSA) is 74.2 Å². The molecule has 0 aliphatic heterocycles. The maximum atomic E-state index is 11.8. The summed E-state index contributed by atoms with van der Waals surface area (Å²) in [5, 5.41) is 9.22. The number of phenolic OH excluding ortho intramolecular Hbond substituents is 1.